The third-order valence-electron chi connectivity index (χ3n) is 9.45. The summed E-state index contributed by atoms with van der Waals surface area (Å²) in [6.45, 7) is 7.57. The standard InChI is InChI=1S/C36H36F5N3O2S/c1-22-27(19-28-29(36(39,40)41)12-8-13-30(28)37)35-44(34(45)32(22)26-11-7-14-31(46-3)33(26)38)25(21-47-35)20-42-15-17-43(18-16-42)23(2)24-9-5-4-6-10-24/h4-14,23,25H,15-21H2,1-3H3. The maximum Gasteiger partial charge on any atom is 0.416 e. The van der Waals surface area contributed by atoms with E-state index in [1.807, 2.05) is 18.2 Å². The van der Waals surface area contributed by atoms with Crippen LogP contribution in [-0.4, -0.2) is 60.0 Å². The maximum absolute atomic E-state index is 15.7. The van der Waals surface area contributed by atoms with Crippen LogP contribution in [0.15, 0.2) is 76.6 Å². The zero-order valence-electron chi connectivity index (χ0n) is 26.4. The topological polar surface area (TPSA) is 37.7 Å². The zero-order chi connectivity index (χ0) is 33.5. The number of thioether (sulfide) groups is 1. The predicted molar refractivity (Wildman–Crippen MR) is 174 cm³/mol. The third kappa shape index (κ3) is 6.45. The molecule has 0 aliphatic carbocycles. The minimum Gasteiger partial charge on any atom is -0.494 e. The van der Waals surface area contributed by atoms with Crippen molar-refractivity contribution < 1.29 is 26.7 Å². The Bertz CT molecular complexity index is 1820. The number of benzene rings is 3. The van der Waals surface area contributed by atoms with Crippen LogP contribution in [0.5, 0.6) is 5.75 Å². The van der Waals surface area contributed by atoms with Crippen molar-refractivity contribution in [3.63, 3.8) is 0 Å². The Morgan fingerprint density at radius 1 is 0.936 bits per heavy atom. The first-order valence-corrected chi connectivity index (χ1v) is 16.6. The second kappa shape index (κ2) is 13.4. The number of hydrogen-bond acceptors (Lipinski definition) is 5. The number of fused-ring (bicyclic) bond motifs is 1. The molecule has 2 aliphatic rings. The summed E-state index contributed by atoms with van der Waals surface area (Å²) in [7, 11) is 1.32. The number of ether oxygens (including phenoxy) is 1. The van der Waals surface area contributed by atoms with Crippen molar-refractivity contribution in [2.24, 2.45) is 0 Å². The van der Waals surface area contributed by atoms with Crippen molar-refractivity contribution in [2.75, 3.05) is 45.6 Å². The highest BCUT2D eigenvalue weighted by molar-refractivity contribution is 7.99. The van der Waals surface area contributed by atoms with Crippen molar-refractivity contribution in [2.45, 2.75) is 43.6 Å². The number of alkyl halides is 3. The highest BCUT2D eigenvalue weighted by Gasteiger charge is 2.37. The first kappa shape index (κ1) is 33.2. The molecule has 0 bridgehead atoms. The van der Waals surface area contributed by atoms with E-state index in [0.717, 1.165) is 44.4 Å². The second-order valence-corrected chi connectivity index (χ2v) is 13.1. The monoisotopic (exact) mass is 669 g/mol. The molecule has 0 amide bonds. The summed E-state index contributed by atoms with van der Waals surface area (Å²) in [6, 6.07) is 17.6. The molecule has 0 saturated carbocycles. The van der Waals surface area contributed by atoms with Crippen LogP contribution in [0.1, 0.15) is 46.8 Å². The molecule has 248 valence electrons. The van der Waals surface area contributed by atoms with Crippen molar-refractivity contribution in [3.8, 4) is 16.9 Å². The lowest BCUT2D eigenvalue weighted by molar-refractivity contribution is -0.138. The molecule has 6 rings (SSSR count). The van der Waals surface area contributed by atoms with Gasteiger partial charge in [-0.25, -0.2) is 8.78 Å². The maximum atomic E-state index is 15.7. The molecule has 0 N–H and O–H groups in total. The van der Waals surface area contributed by atoms with Gasteiger partial charge in [-0.1, -0.05) is 48.5 Å². The van der Waals surface area contributed by atoms with Gasteiger partial charge in [0, 0.05) is 62.1 Å². The third-order valence-corrected chi connectivity index (χ3v) is 10.7. The predicted octanol–water partition coefficient (Wildman–Crippen LogP) is 7.75. The van der Waals surface area contributed by atoms with Gasteiger partial charge in [-0.2, -0.15) is 13.2 Å². The number of hydrogen-bond donors (Lipinski definition) is 0. The van der Waals surface area contributed by atoms with Crippen molar-refractivity contribution in [3.05, 3.63) is 117 Å². The molecule has 3 aromatic carbocycles. The van der Waals surface area contributed by atoms with Crippen LogP contribution in [0.2, 0.25) is 0 Å². The highest BCUT2D eigenvalue weighted by atomic mass is 32.2. The minimum absolute atomic E-state index is 0.00728. The summed E-state index contributed by atoms with van der Waals surface area (Å²) in [4.78, 5) is 19.1. The van der Waals surface area contributed by atoms with Crippen LogP contribution in [0.3, 0.4) is 0 Å². The van der Waals surface area contributed by atoms with Crippen LogP contribution in [0.4, 0.5) is 22.0 Å². The number of rotatable bonds is 8. The average Bonchev–Trinajstić information content (AvgIpc) is 3.48. The quantitative estimate of drug-likeness (QED) is 0.180. The summed E-state index contributed by atoms with van der Waals surface area (Å²) < 4.78 is 79.8. The number of pyridine rings is 1. The summed E-state index contributed by atoms with van der Waals surface area (Å²) in [5, 5.41) is 0.497. The first-order valence-electron chi connectivity index (χ1n) is 15.6. The lowest BCUT2D eigenvalue weighted by Crippen LogP contribution is -2.49. The van der Waals surface area contributed by atoms with Crippen LogP contribution in [0, 0.1) is 18.6 Å². The Labute approximate surface area is 275 Å². The molecular weight excluding hydrogens is 633 g/mol. The van der Waals surface area contributed by atoms with E-state index in [4.69, 9.17) is 4.74 Å². The van der Waals surface area contributed by atoms with E-state index in [2.05, 4.69) is 28.9 Å². The van der Waals surface area contributed by atoms with Crippen LogP contribution in [-0.2, 0) is 12.6 Å². The summed E-state index contributed by atoms with van der Waals surface area (Å²) in [5.74, 6) is -1.28. The van der Waals surface area contributed by atoms with Gasteiger partial charge in [0.05, 0.1) is 29.3 Å². The number of piperazine rings is 1. The normalized spacial score (nSPS) is 17.9. The van der Waals surface area contributed by atoms with Gasteiger partial charge >= 0.3 is 6.18 Å². The van der Waals surface area contributed by atoms with Crippen LogP contribution < -0.4 is 10.3 Å². The van der Waals surface area contributed by atoms with E-state index in [1.165, 1.54) is 36.6 Å². The molecule has 0 spiro atoms. The molecule has 4 aromatic rings. The molecule has 1 aromatic heterocycles. The lowest BCUT2D eigenvalue weighted by Gasteiger charge is -2.39. The summed E-state index contributed by atoms with van der Waals surface area (Å²) >= 11 is 1.38. The molecule has 2 atom stereocenters. The summed E-state index contributed by atoms with van der Waals surface area (Å²) in [6.07, 6.45) is -5.19. The van der Waals surface area contributed by atoms with E-state index < -0.39 is 40.9 Å². The minimum atomic E-state index is -4.78. The number of halogens is 5. The van der Waals surface area contributed by atoms with Gasteiger partial charge < -0.3 is 4.74 Å². The van der Waals surface area contributed by atoms with E-state index >= 15 is 8.78 Å². The van der Waals surface area contributed by atoms with Gasteiger partial charge in [0.2, 0.25) is 0 Å². The molecule has 47 heavy (non-hydrogen) atoms. The number of nitrogens with zero attached hydrogens (tertiary/aromatic N) is 3. The fourth-order valence-electron chi connectivity index (χ4n) is 6.84. The molecule has 1 fully saturated rings. The Morgan fingerprint density at radius 2 is 1.64 bits per heavy atom. The van der Waals surface area contributed by atoms with Crippen LogP contribution in [0.25, 0.3) is 11.1 Å². The SMILES string of the molecule is COc1cccc(-c2c(C)c(Cc3c(F)cccc3C(F)(F)F)c3n(c2=O)C(CN2CCN(C(C)c4ccccc4)CC2)CS3)c1F. The fraction of sp³-hybridized carbons (Fsp3) is 0.361. The van der Waals surface area contributed by atoms with E-state index in [0.29, 0.717) is 28.5 Å². The smallest absolute Gasteiger partial charge is 0.416 e. The van der Waals surface area contributed by atoms with Gasteiger partial charge in [-0.05, 0) is 48.7 Å². The molecule has 11 heteroatoms. The molecule has 1 saturated heterocycles. The van der Waals surface area contributed by atoms with E-state index in [1.54, 1.807) is 17.6 Å². The Morgan fingerprint density at radius 3 is 2.32 bits per heavy atom. The molecule has 5 nitrogen and oxygen atoms in total. The van der Waals surface area contributed by atoms with E-state index in [-0.39, 0.29) is 29.0 Å². The van der Waals surface area contributed by atoms with E-state index in [9.17, 15) is 18.0 Å². The summed E-state index contributed by atoms with van der Waals surface area (Å²) in [5.41, 5.74) is -0.0202. The zero-order valence-corrected chi connectivity index (χ0v) is 27.2. The van der Waals surface area contributed by atoms with Crippen molar-refractivity contribution >= 4 is 11.8 Å². The van der Waals surface area contributed by atoms with Gasteiger partial charge in [-0.3, -0.25) is 19.2 Å². The first-order chi connectivity index (χ1) is 22.5. The largest absolute Gasteiger partial charge is 0.494 e. The van der Waals surface area contributed by atoms with Gasteiger partial charge in [0.1, 0.15) is 5.82 Å². The van der Waals surface area contributed by atoms with Crippen LogP contribution >= 0.6 is 11.8 Å². The second-order valence-electron chi connectivity index (χ2n) is 12.1. The average molecular weight is 670 g/mol. The molecule has 2 unspecified atom stereocenters. The molecular formula is C36H36F5N3O2S. The lowest BCUT2D eigenvalue weighted by atomic mass is 9.92. The molecule has 2 aliphatic heterocycles. The Balaban J connectivity index is 1.38. The van der Waals surface area contributed by atoms with Crippen molar-refractivity contribution in [1.29, 1.82) is 0 Å². The van der Waals surface area contributed by atoms with Crippen molar-refractivity contribution in [1.82, 2.24) is 14.4 Å². The highest BCUT2D eigenvalue weighted by Crippen LogP contribution is 2.42. The molecule has 0 radical (unpaired) electrons. The Kier molecular flexibility index (Phi) is 9.51. The van der Waals surface area contributed by atoms with Gasteiger partial charge in [-0.15, -0.1) is 11.8 Å². The number of methoxy groups -OCH3 is 1. The number of aromatic nitrogens is 1. The van der Waals surface area contributed by atoms with Gasteiger partial charge in [0.25, 0.3) is 5.56 Å². The Hall–Kier alpha value is -3.67. The fourth-order valence-corrected chi connectivity index (χ4v) is 8.22. The molecule has 3 heterocycles. The van der Waals surface area contributed by atoms with Gasteiger partial charge in [0.15, 0.2) is 11.6 Å².